The predicted molar refractivity (Wildman–Crippen MR) is 79.7 cm³/mol. The SMILES string of the molecule is CC(Nc1ncnc(N)c1[N+](=O)[O-])C1CC2CCC1CC2. The van der Waals surface area contributed by atoms with Gasteiger partial charge in [0.25, 0.3) is 0 Å². The predicted octanol–water partition coefficient (Wildman–Crippen LogP) is 2.59. The number of anilines is 2. The minimum Gasteiger partial charge on any atom is -0.378 e. The van der Waals surface area contributed by atoms with Crippen molar-refractivity contribution in [2.75, 3.05) is 11.1 Å². The highest BCUT2D eigenvalue weighted by Crippen LogP contribution is 2.46. The van der Waals surface area contributed by atoms with Crippen molar-refractivity contribution < 1.29 is 4.92 Å². The van der Waals surface area contributed by atoms with Crippen LogP contribution in [0.25, 0.3) is 0 Å². The average Bonchev–Trinajstić information content (AvgIpc) is 2.48. The molecule has 0 saturated heterocycles. The quantitative estimate of drug-likeness (QED) is 0.652. The van der Waals surface area contributed by atoms with E-state index in [0.29, 0.717) is 5.92 Å². The Hall–Kier alpha value is -1.92. The van der Waals surface area contributed by atoms with E-state index in [0.717, 1.165) is 11.8 Å². The number of aromatic nitrogens is 2. The number of fused-ring (bicyclic) bond motifs is 3. The van der Waals surface area contributed by atoms with Crippen molar-refractivity contribution in [1.29, 1.82) is 0 Å². The van der Waals surface area contributed by atoms with Crippen LogP contribution in [0, 0.1) is 27.9 Å². The molecule has 1 aromatic heterocycles. The number of nitrogens with zero attached hydrogens (tertiary/aromatic N) is 3. The Kier molecular flexibility index (Phi) is 3.65. The summed E-state index contributed by atoms with van der Waals surface area (Å²) >= 11 is 0. The van der Waals surface area contributed by atoms with Gasteiger partial charge in [0.15, 0.2) is 0 Å². The Morgan fingerprint density at radius 3 is 2.67 bits per heavy atom. The Bertz CT molecular complexity index is 542. The van der Waals surface area contributed by atoms with Crippen LogP contribution in [0.3, 0.4) is 0 Å². The fourth-order valence-electron chi connectivity index (χ4n) is 4.04. The lowest BCUT2D eigenvalue weighted by Crippen LogP contribution is -2.40. The van der Waals surface area contributed by atoms with E-state index in [1.807, 2.05) is 0 Å². The molecule has 1 aromatic rings. The number of nitrogens with one attached hydrogen (secondary N) is 1. The van der Waals surface area contributed by atoms with E-state index in [9.17, 15) is 10.1 Å². The van der Waals surface area contributed by atoms with Gasteiger partial charge in [-0.05, 0) is 43.9 Å². The van der Waals surface area contributed by atoms with Crippen LogP contribution in [0.2, 0.25) is 0 Å². The lowest BCUT2D eigenvalue weighted by Gasteiger charge is -2.45. The third-order valence-corrected chi connectivity index (χ3v) is 5.14. The first-order valence-electron chi connectivity index (χ1n) is 7.57. The van der Waals surface area contributed by atoms with Crippen LogP contribution in [0.4, 0.5) is 17.3 Å². The summed E-state index contributed by atoms with van der Waals surface area (Å²) in [6.45, 7) is 2.09. The summed E-state index contributed by atoms with van der Waals surface area (Å²) in [7, 11) is 0. The van der Waals surface area contributed by atoms with Gasteiger partial charge in [-0.25, -0.2) is 9.97 Å². The Labute approximate surface area is 123 Å². The smallest absolute Gasteiger partial charge is 0.352 e. The highest BCUT2D eigenvalue weighted by molar-refractivity contribution is 5.67. The second-order valence-electron chi connectivity index (χ2n) is 6.33. The van der Waals surface area contributed by atoms with Gasteiger partial charge in [0.1, 0.15) is 6.33 Å². The van der Waals surface area contributed by atoms with Gasteiger partial charge < -0.3 is 11.1 Å². The molecule has 21 heavy (non-hydrogen) atoms. The molecule has 3 fully saturated rings. The molecular formula is C14H21N5O2. The number of rotatable bonds is 4. The highest BCUT2D eigenvalue weighted by Gasteiger charge is 2.38. The maximum absolute atomic E-state index is 11.1. The topological polar surface area (TPSA) is 107 Å². The van der Waals surface area contributed by atoms with Crippen molar-refractivity contribution in [1.82, 2.24) is 9.97 Å². The van der Waals surface area contributed by atoms with Gasteiger partial charge in [-0.1, -0.05) is 12.8 Å². The Morgan fingerprint density at radius 2 is 2.10 bits per heavy atom. The molecule has 7 heteroatoms. The highest BCUT2D eigenvalue weighted by atomic mass is 16.6. The number of hydrogen-bond acceptors (Lipinski definition) is 6. The molecule has 3 N–H and O–H groups in total. The molecular weight excluding hydrogens is 270 g/mol. The minimum atomic E-state index is -0.516. The molecule has 1 heterocycles. The lowest BCUT2D eigenvalue weighted by atomic mass is 9.63. The zero-order chi connectivity index (χ0) is 15.0. The van der Waals surface area contributed by atoms with Crippen LogP contribution in [0.5, 0.6) is 0 Å². The van der Waals surface area contributed by atoms with Crippen LogP contribution >= 0.6 is 0 Å². The normalized spacial score (nSPS) is 29.1. The first kappa shape index (κ1) is 14.0. The van der Waals surface area contributed by atoms with Crippen molar-refractivity contribution >= 4 is 17.3 Å². The largest absolute Gasteiger partial charge is 0.378 e. The molecule has 3 aliphatic carbocycles. The first-order valence-corrected chi connectivity index (χ1v) is 7.57. The summed E-state index contributed by atoms with van der Waals surface area (Å²) in [5, 5.41) is 14.3. The summed E-state index contributed by atoms with van der Waals surface area (Å²) < 4.78 is 0. The molecule has 2 atom stereocenters. The monoisotopic (exact) mass is 291 g/mol. The lowest BCUT2D eigenvalue weighted by molar-refractivity contribution is -0.383. The van der Waals surface area contributed by atoms with Crippen LogP contribution in [0.1, 0.15) is 39.0 Å². The van der Waals surface area contributed by atoms with Crippen LogP contribution in [0.15, 0.2) is 6.33 Å². The summed E-state index contributed by atoms with van der Waals surface area (Å²) in [4.78, 5) is 18.3. The van der Waals surface area contributed by atoms with E-state index in [2.05, 4.69) is 22.2 Å². The van der Waals surface area contributed by atoms with E-state index in [1.165, 1.54) is 38.4 Å². The maximum Gasteiger partial charge on any atom is 0.352 e. The minimum absolute atomic E-state index is 0.0881. The Balaban J connectivity index is 1.77. The summed E-state index contributed by atoms with van der Waals surface area (Å²) in [6.07, 6.45) is 7.74. The molecule has 114 valence electrons. The number of nitrogens with two attached hydrogens (primary N) is 1. The Morgan fingerprint density at radius 1 is 1.38 bits per heavy atom. The van der Waals surface area contributed by atoms with Crippen LogP contribution in [-0.2, 0) is 0 Å². The fraction of sp³-hybridized carbons (Fsp3) is 0.714. The van der Waals surface area contributed by atoms with Crippen molar-refractivity contribution in [3.05, 3.63) is 16.4 Å². The average molecular weight is 291 g/mol. The second kappa shape index (κ2) is 5.46. The van der Waals surface area contributed by atoms with Crippen molar-refractivity contribution in [2.45, 2.75) is 45.1 Å². The molecule has 4 rings (SSSR count). The standard InChI is InChI=1S/C14H21N5O2/c1-8(11-6-9-2-4-10(11)5-3-9)18-14-12(19(20)21)13(15)16-7-17-14/h7-11H,2-6H2,1H3,(H3,15,16,17,18). The van der Waals surface area contributed by atoms with Crippen LogP contribution in [-0.4, -0.2) is 20.9 Å². The van der Waals surface area contributed by atoms with E-state index in [1.54, 1.807) is 0 Å². The zero-order valence-electron chi connectivity index (χ0n) is 12.2. The molecule has 7 nitrogen and oxygen atoms in total. The molecule has 2 unspecified atom stereocenters. The second-order valence-corrected chi connectivity index (χ2v) is 6.33. The van der Waals surface area contributed by atoms with Crippen molar-refractivity contribution in [2.24, 2.45) is 17.8 Å². The molecule has 3 aliphatic rings. The van der Waals surface area contributed by atoms with Gasteiger partial charge in [0.05, 0.1) is 4.92 Å². The number of hydrogen-bond donors (Lipinski definition) is 2. The van der Waals surface area contributed by atoms with Gasteiger partial charge in [-0.2, -0.15) is 0 Å². The summed E-state index contributed by atoms with van der Waals surface area (Å²) in [6, 6.07) is 0.158. The van der Waals surface area contributed by atoms with Crippen molar-refractivity contribution in [3.8, 4) is 0 Å². The van der Waals surface area contributed by atoms with Gasteiger partial charge in [0, 0.05) is 6.04 Å². The molecule has 0 aromatic carbocycles. The van der Waals surface area contributed by atoms with Gasteiger partial charge in [0.2, 0.25) is 11.6 Å². The summed E-state index contributed by atoms with van der Waals surface area (Å²) in [5.41, 5.74) is 5.39. The van der Waals surface area contributed by atoms with Crippen molar-refractivity contribution in [3.63, 3.8) is 0 Å². The number of nitro groups is 1. The molecule has 0 radical (unpaired) electrons. The van der Waals surface area contributed by atoms with Crippen LogP contribution < -0.4 is 11.1 Å². The maximum atomic E-state index is 11.1. The third-order valence-electron chi connectivity index (χ3n) is 5.14. The van der Waals surface area contributed by atoms with E-state index >= 15 is 0 Å². The summed E-state index contributed by atoms with van der Waals surface area (Å²) in [5.74, 6) is 2.27. The third kappa shape index (κ3) is 2.64. The van der Waals surface area contributed by atoms with Gasteiger partial charge in [-0.15, -0.1) is 0 Å². The van der Waals surface area contributed by atoms with E-state index in [-0.39, 0.29) is 23.4 Å². The first-order chi connectivity index (χ1) is 10.1. The number of nitrogen functional groups attached to an aromatic ring is 1. The molecule has 0 spiro atoms. The van der Waals surface area contributed by atoms with Gasteiger partial charge >= 0.3 is 5.69 Å². The van der Waals surface area contributed by atoms with Gasteiger partial charge in [-0.3, -0.25) is 10.1 Å². The molecule has 3 saturated carbocycles. The molecule has 0 amide bonds. The fourth-order valence-corrected chi connectivity index (χ4v) is 4.04. The zero-order valence-corrected chi connectivity index (χ0v) is 12.2. The molecule has 0 aliphatic heterocycles. The molecule has 2 bridgehead atoms. The van der Waals surface area contributed by atoms with E-state index < -0.39 is 4.92 Å². The van der Waals surface area contributed by atoms with E-state index in [4.69, 9.17) is 5.73 Å².